The molecule has 5 nitrogen and oxygen atoms in total. The van der Waals surface area contributed by atoms with E-state index in [4.69, 9.17) is 4.74 Å². The van der Waals surface area contributed by atoms with Crippen LogP contribution in [-0.4, -0.2) is 48.9 Å². The van der Waals surface area contributed by atoms with Crippen molar-refractivity contribution >= 4 is 11.8 Å². The zero-order chi connectivity index (χ0) is 21.4. The number of fused-ring (bicyclic) bond motifs is 1. The second kappa shape index (κ2) is 8.13. The molecular formula is C25H30N2O3. The van der Waals surface area contributed by atoms with Crippen molar-refractivity contribution in [2.45, 2.75) is 32.2 Å². The first-order valence-corrected chi connectivity index (χ1v) is 10.7. The minimum absolute atomic E-state index is 0.0455. The molecule has 0 unspecified atom stereocenters. The molecule has 30 heavy (non-hydrogen) atoms. The second-order valence-electron chi connectivity index (χ2n) is 8.89. The van der Waals surface area contributed by atoms with Crippen molar-refractivity contribution < 1.29 is 14.3 Å². The van der Waals surface area contributed by atoms with Crippen LogP contribution in [0.15, 0.2) is 48.5 Å². The SMILES string of the molecule is COc1ccc([C@@H]2[C@H](C(=O)N3C[C@H](C)C[C@@H](C)C3)c3ccccc3C(=O)N2C)cc1. The Bertz CT molecular complexity index is 930. The van der Waals surface area contributed by atoms with Crippen LogP contribution in [0.3, 0.4) is 0 Å². The van der Waals surface area contributed by atoms with E-state index in [1.807, 2.05) is 53.4 Å². The van der Waals surface area contributed by atoms with Crippen molar-refractivity contribution in [3.8, 4) is 5.75 Å². The van der Waals surface area contributed by atoms with Gasteiger partial charge in [0.1, 0.15) is 5.75 Å². The minimum Gasteiger partial charge on any atom is -0.497 e. The molecule has 5 heteroatoms. The molecule has 2 amide bonds. The van der Waals surface area contributed by atoms with E-state index in [0.717, 1.165) is 36.4 Å². The van der Waals surface area contributed by atoms with Gasteiger partial charge in [-0.05, 0) is 47.6 Å². The monoisotopic (exact) mass is 406 g/mol. The Morgan fingerprint density at radius 1 is 1.00 bits per heavy atom. The van der Waals surface area contributed by atoms with Gasteiger partial charge < -0.3 is 14.5 Å². The highest BCUT2D eigenvalue weighted by molar-refractivity contribution is 6.01. The van der Waals surface area contributed by atoms with Crippen LogP contribution in [0.2, 0.25) is 0 Å². The number of benzene rings is 2. The number of methoxy groups -OCH3 is 1. The Balaban J connectivity index is 1.80. The summed E-state index contributed by atoms with van der Waals surface area (Å²) in [4.78, 5) is 30.8. The van der Waals surface area contributed by atoms with Gasteiger partial charge in [0.15, 0.2) is 0 Å². The maximum Gasteiger partial charge on any atom is 0.254 e. The summed E-state index contributed by atoms with van der Waals surface area (Å²) in [5, 5.41) is 0. The van der Waals surface area contributed by atoms with E-state index >= 15 is 0 Å². The topological polar surface area (TPSA) is 49.9 Å². The third kappa shape index (κ3) is 3.57. The quantitative estimate of drug-likeness (QED) is 0.771. The maximum atomic E-state index is 13.9. The molecule has 0 spiro atoms. The third-order valence-corrected chi connectivity index (χ3v) is 6.48. The fourth-order valence-corrected chi connectivity index (χ4v) is 5.20. The summed E-state index contributed by atoms with van der Waals surface area (Å²) in [6.45, 7) is 5.96. The van der Waals surface area contributed by atoms with E-state index in [9.17, 15) is 9.59 Å². The van der Waals surface area contributed by atoms with Crippen LogP contribution in [0, 0.1) is 11.8 Å². The summed E-state index contributed by atoms with van der Waals surface area (Å²) >= 11 is 0. The number of likely N-dealkylation sites (tertiary alicyclic amines) is 1. The Hall–Kier alpha value is -2.82. The highest BCUT2D eigenvalue weighted by atomic mass is 16.5. The zero-order valence-electron chi connectivity index (χ0n) is 18.2. The van der Waals surface area contributed by atoms with Crippen molar-refractivity contribution in [3.05, 3.63) is 65.2 Å². The Morgan fingerprint density at radius 3 is 2.27 bits per heavy atom. The first-order chi connectivity index (χ1) is 14.4. The van der Waals surface area contributed by atoms with Gasteiger partial charge in [-0.15, -0.1) is 0 Å². The lowest BCUT2D eigenvalue weighted by atomic mass is 9.78. The molecule has 0 radical (unpaired) electrons. The van der Waals surface area contributed by atoms with Crippen molar-refractivity contribution in [1.29, 1.82) is 0 Å². The number of rotatable bonds is 3. The van der Waals surface area contributed by atoms with E-state index in [2.05, 4.69) is 13.8 Å². The molecule has 0 N–H and O–H groups in total. The fourth-order valence-electron chi connectivity index (χ4n) is 5.20. The van der Waals surface area contributed by atoms with Gasteiger partial charge in [-0.1, -0.05) is 44.2 Å². The lowest BCUT2D eigenvalue weighted by molar-refractivity contribution is -0.137. The molecule has 4 atom stereocenters. The number of nitrogens with zero attached hydrogens (tertiary/aromatic N) is 2. The third-order valence-electron chi connectivity index (χ3n) is 6.48. The lowest BCUT2D eigenvalue weighted by Crippen LogP contribution is -2.50. The molecule has 1 saturated heterocycles. The molecule has 0 bridgehead atoms. The molecule has 0 aliphatic carbocycles. The number of ether oxygens (including phenoxy) is 1. The summed E-state index contributed by atoms with van der Waals surface area (Å²) < 4.78 is 5.30. The predicted octanol–water partition coefficient (Wildman–Crippen LogP) is 4.11. The molecule has 0 aromatic heterocycles. The largest absolute Gasteiger partial charge is 0.497 e. The van der Waals surface area contributed by atoms with Crippen LogP contribution in [0.25, 0.3) is 0 Å². The van der Waals surface area contributed by atoms with Gasteiger partial charge in [-0.2, -0.15) is 0 Å². The van der Waals surface area contributed by atoms with Gasteiger partial charge in [0.2, 0.25) is 5.91 Å². The first-order valence-electron chi connectivity index (χ1n) is 10.7. The number of piperidine rings is 1. The molecule has 4 rings (SSSR count). The number of hydrogen-bond donors (Lipinski definition) is 0. The molecule has 2 aliphatic heterocycles. The van der Waals surface area contributed by atoms with Crippen LogP contribution in [0.5, 0.6) is 5.75 Å². The van der Waals surface area contributed by atoms with Gasteiger partial charge in [0.25, 0.3) is 5.91 Å². The van der Waals surface area contributed by atoms with Gasteiger partial charge in [0, 0.05) is 25.7 Å². The number of carbonyl (C=O) groups is 2. The Morgan fingerprint density at radius 2 is 1.63 bits per heavy atom. The van der Waals surface area contributed by atoms with Crippen molar-refractivity contribution in [3.63, 3.8) is 0 Å². The molecule has 1 fully saturated rings. The number of hydrogen-bond acceptors (Lipinski definition) is 3. The number of carbonyl (C=O) groups excluding carboxylic acids is 2. The Kier molecular flexibility index (Phi) is 5.54. The van der Waals surface area contributed by atoms with E-state index in [1.54, 1.807) is 19.1 Å². The van der Waals surface area contributed by atoms with Gasteiger partial charge in [0.05, 0.1) is 19.1 Å². The molecular weight excluding hydrogens is 376 g/mol. The fraction of sp³-hybridized carbons (Fsp3) is 0.440. The average molecular weight is 407 g/mol. The zero-order valence-corrected chi connectivity index (χ0v) is 18.2. The van der Waals surface area contributed by atoms with Gasteiger partial charge >= 0.3 is 0 Å². The molecule has 2 heterocycles. The standard InChI is InChI=1S/C25H30N2O3/c1-16-13-17(2)15-27(14-16)25(29)22-20-7-5-6-8-21(20)24(28)26(3)23(22)18-9-11-19(30-4)12-10-18/h5-12,16-17,22-23H,13-15H2,1-4H3/t16-,17-,22-,23-/m1/s1. The molecule has 2 aromatic carbocycles. The van der Waals surface area contributed by atoms with E-state index in [0.29, 0.717) is 17.4 Å². The number of likely N-dealkylation sites (N-methyl/N-ethyl adjacent to an activating group) is 1. The summed E-state index contributed by atoms with van der Waals surface area (Å²) in [6.07, 6.45) is 1.14. The van der Waals surface area contributed by atoms with Crippen LogP contribution < -0.4 is 4.74 Å². The normalized spacial score (nSPS) is 26.3. The van der Waals surface area contributed by atoms with Crippen LogP contribution in [0.1, 0.15) is 53.7 Å². The van der Waals surface area contributed by atoms with Gasteiger partial charge in [-0.3, -0.25) is 9.59 Å². The van der Waals surface area contributed by atoms with Crippen molar-refractivity contribution in [2.24, 2.45) is 11.8 Å². The highest BCUT2D eigenvalue weighted by Gasteiger charge is 2.44. The highest BCUT2D eigenvalue weighted by Crippen LogP contribution is 2.43. The van der Waals surface area contributed by atoms with Crippen LogP contribution >= 0.6 is 0 Å². The van der Waals surface area contributed by atoms with Crippen molar-refractivity contribution in [2.75, 3.05) is 27.2 Å². The summed E-state index contributed by atoms with van der Waals surface area (Å²) in [6, 6.07) is 14.9. The first kappa shape index (κ1) is 20.5. The average Bonchev–Trinajstić information content (AvgIpc) is 2.75. The molecule has 158 valence electrons. The summed E-state index contributed by atoms with van der Waals surface area (Å²) in [7, 11) is 3.43. The smallest absolute Gasteiger partial charge is 0.254 e. The lowest BCUT2D eigenvalue weighted by Gasteiger charge is -2.43. The van der Waals surface area contributed by atoms with E-state index < -0.39 is 5.92 Å². The molecule has 0 saturated carbocycles. The molecule has 2 aromatic rings. The van der Waals surface area contributed by atoms with E-state index in [1.165, 1.54) is 0 Å². The summed E-state index contributed by atoms with van der Waals surface area (Å²) in [5.41, 5.74) is 2.40. The van der Waals surface area contributed by atoms with Crippen LogP contribution in [-0.2, 0) is 4.79 Å². The van der Waals surface area contributed by atoms with Crippen LogP contribution in [0.4, 0.5) is 0 Å². The molecule has 2 aliphatic rings. The summed E-state index contributed by atoms with van der Waals surface area (Å²) in [5.74, 6) is 1.36. The van der Waals surface area contributed by atoms with E-state index in [-0.39, 0.29) is 17.9 Å². The Labute approximate surface area is 178 Å². The predicted molar refractivity (Wildman–Crippen MR) is 117 cm³/mol. The number of amides is 2. The van der Waals surface area contributed by atoms with Crippen molar-refractivity contribution in [1.82, 2.24) is 9.80 Å². The minimum atomic E-state index is -0.421. The second-order valence-corrected chi connectivity index (χ2v) is 8.89. The maximum absolute atomic E-state index is 13.9. The van der Waals surface area contributed by atoms with Gasteiger partial charge in [-0.25, -0.2) is 0 Å².